The van der Waals surface area contributed by atoms with Gasteiger partial charge in [0, 0.05) is 12.0 Å². The van der Waals surface area contributed by atoms with Crippen molar-refractivity contribution >= 4 is 11.7 Å². The van der Waals surface area contributed by atoms with E-state index in [2.05, 4.69) is 121 Å². The Bertz CT molecular complexity index is 1990. The van der Waals surface area contributed by atoms with Crippen molar-refractivity contribution < 1.29 is 4.79 Å². The second kappa shape index (κ2) is 14.0. The van der Waals surface area contributed by atoms with E-state index in [-0.39, 0.29) is 5.91 Å². The third kappa shape index (κ3) is 6.04. The van der Waals surface area contributed by atoms with Crippen molar-refractivity contribution in [2.45, 2.75) is 52.1 Å². The topological polar surface area (TPSA) is 76.3 Å². The quantitative estimate of drug-likeness (QED) is 0.130. The monoisotopic (exact) mass is 658 g/mol. The van der Waals surface area contributed by atoms with E-state index in [1.165, 1.54) is 0 Å². The van der Waals surface area contributed by atoms with Gasteiger partial charge in [-0.05, 0) is 64.1 Å². The molecule has 0 saturated carbocycles. The van der Waals surface area contributed by atoms with Crippen molar-refractivity contribution in [2.75, 3.05) is 6.54 Å². The van der Waals surface area contributed by atoms with Crippen LogP contribution in [0.15, 0.2) is 145 Å². The second-order valence-electron chi connectivity index (χ2n) is 13.6. The first-order valence-electron chi connectivity index (χ1n) is 17.4. The fraction of sp³-hybridized carbons (Fsp3) is 0.233. The minimum absolute atomic E-state index is 0.138. The summed E-state index contributed by atoms with van der Waals surface area (Å²) in [7, 11) is 0. The molecule has 7 heteroatoms. The number of nitrogens with zero attached hydrogens (tertiary/aromatic N) is 6. The summed E-state index contributed by atoms with van der Waals surface area (Å²) in [5.74, 6) is 1.69. The Morgan fingerprint density at radius 3 is 1.80 bits per heavy atom. The molecule has 50 heavy (non-hydrogen) atoms. The molecule has 0 fully saturated rings. The molecule has 1 amide bonds. The number of benzene rings is 5. The number of hydrogen-bond donors (Lipinski definition) is 0. The largest absolute Gasteiger partial charge is 0.296 e. The van der Waals surface area contributed by atoms with Crippen LogP contribution in [-0.2, 0) is 16.9 Å². The third-order valence-electron chi connectivity index (χ3n) is 9.68. The summed E-state index contributed by atoms with van der Waals surface area (Å²) in [6.07, 6.45) is 2.89. The number of rotatable bonds is 11. The summed E-state index contributed by atoms with van der Waals surface area (Å²) in [6, 6.07) is 48.1. The summed E-state index contributed by atoms with van der Waals surface area (Å²) in [4.78, 5) is 20.3. The molecule has 0 N–H and O–H groups in total. The molecule has 0 bridgehead atoms. The average Bonchev–Trinajstić information content (AvgIpc) is 3.65. The zero-order chi connectivity index (χ0) is 34.6. The van der Waals surface area contributed by atoms with Crippen LogP contribution in [0.3, 0.4) is 0 Å². The van der Waals surface area contributed by atoms with E-state index in [1.54, 1.807) is 0 Å². The molecule has 0 saturated heterocycles. The Hall–Kier alpha value is -5.69. The number of carbonyl (C=O) groups excluding carboxylic acids is 1. The molecule has 1 aliphatic rings. The van der Waals surface area contributed by atoms with Crippen LogP contribution in [0.1, 0.15) is 62.3 Å². The summed E-state index contributed by atoms with van der Waals surface area (Å²) in [5, 5.41) is 13.8. The van der Waals surface area contributed by atoms with Gasteiger partial charge in [0.15, 0.2) is 5.82 Å². The van der Waals surface area contributed by atoms with Crippen molar-refractivity contribution in [1.29, 1.82) is 0 Å². The minimum atomic E-state index is -0.856. The molecule has 250 valence electrons. The van der Waals surface area contributed by atoms with Crippen LogP contribution < -0.4 is 0 Å². The Morgan fingerprint density at radius 1 is 0.700 bits per heavy atom. The Kier molecular flexibility index (Phi) is 9.22. The van der Waals surface area contributed by atoms with Crippen LogP contribution in [0.4, 0.5) is 0 Å². The molecule has 6 aromatic rings. The van der Waals surface area contributed by atoms with Gasteiger partial charge in [0.25, 0.3) is 0 Å². The first-order chi connectivity index (χ1) is 24.4. The average molecular weight is 659 g/mol. The highest BCUT2D eigenvalue weighted by Crippen LogP contribution is 2.43. The zero-order valence-corrected chi connectivity index (χ0v) is 28.9. The van der Waals surface area contributed by atoms with Gasteiger partial charge in [-0.1, -0.05) is 153 Å². The summed E-state index contributed by atoms with van der Waals surface area (Å²) in [6.45, 7) is 7.17. The van der Waals surface area contributed by atoms with Crippen molar-refractivity contribution in [3.8, 4) is 22.5 Å². The van der Waals surface area contributed by atoms with Gasteiger partial charge in [-0.2, -0.15) is 0 Å². The standard InChI is InChI=1S/C43H42N6O/c1-4-5-25-39-44-31-42(2,3)41(50)48(39)30-32-26-28-33(29-27-32)37-23-15-16-24-38(37)40-45-46-47-49(40)43(34-17-9-6-10-18-34,35-19-11-7-12-20-35)36-21-13-8-14-22-36/h6-24,26-29H,4-5,25,30-31H2,1-3H3. The van der Waals surface area contributed by atoms with Crippen LogP contribution in [0.25, 0.3) is 22.5 Å². The summed E-state index contributed by atoms with van der Waals surface area (Å²) >= 11 is 0. The number of aliphatic imine (C=N–C) groups is 1. The van der Waals surface area contributed by atoms with Crippen LogP contribution in [0, 0.1) is 5.41 Å². The van der Waals surface area contributed by atoms with Crippen LogP contribution in [0.5, 0.6) is 0 Å². The molecule has 1 aliphatic heterocycles. The summed E-state index contributed by atoms with van der Waals surface area (Å²) in [5.41, 5.74) is 5.80. The van der Waals surface area contributed by atoms with Gasteiger partial charge in [-0.25, -0.2) is 4.68 Å². The number of tetrazole rings is 1. The van der Waals surface area contributed by atoms with Gasteiger partial charge < -0.3 is 0 Å². The predicted octanol–water partition coefficient (Wildman–Crippen LogP) is 8.80. The maximum absolute atomic E-state index is 13.5. The molecular formula is C43H42N6O. The highest BCUT2D eigenvalue weighted by atomic mass is 16.2. The van der Waals surface area contributed by atoms with E-state index in [0.29, 0.717) is 18.9 Å². The lowest BCUT2D eigenvalue weighted by atomic mass is 9.77. The summed E-state index contributed by atoms with van der Waals surface area (Å²) < 4.78 is 1.97. The van der Waals surface area contributed by atoms with Crippen molar-refractivity contribution in [2.24, 2.45) is 10.4 Å². The molecule has 5 aromatic carbocycles. The number of aromatic nitrogens is 4. The Morgan fingerprint density at radius 2 is 1.24 bits per heavy atom. The first kappa shape index (κ1) is 32.8. The number of amides is 1. The smallest absolute Gasteiger partial charge is 0.235 e. The van der Waals surface area contributed by atoms with E-state index >= 15 is 0 Å². The van der Waals surface area contributed by atoms with Crippen LogP contribution in [-0.4, -0.2) is 43.4 Å². The first-order valence-corrected chi connectivity index (χ1v) is 17.4. The third-order valence-corrected chi connectivity index (χ3v) is 9.68. The van der Waals surface area contributed by atoms with Gasteiger partial charge in [-0.15, -0.1) is 5.10 Å². The van der Waals surface area contributed by atoms with E-state index in [1.807, 2.05) is 53.8 Å². The molecule has 0 unspecified atom stereocenters. The molecule has 7 nitrogen and oxygen atoms in total. The van der Waals surface area contributed by atoms with E-state index in [0.717, 1.165) is 64.0 Å². The zero-order valence-electron chi connectivity index (χ0n) is 28.9. The van der Waals surface area contributed by atoms with E-state index in [4.69, 9.17) is 15.3 Å². The number of carbonyl (C=O) groups is 1. The molecule has 0 aliphatic carbocycles. The van der Waals surface area contributed by atoms with E-state index < -0.39 is 11.0 Å². The molecule has 2 heterocycles. The highest BCUT2D eigenvalue weighted by molar-refractivity contribution is 6.02. The molecular weight excluding hydrogens is 617 g/mol. The minimum Gasteiger partial charge on any atom is -0.296 e. The van der Waals surface area contributed by atoms with Gasteiger partial charge in [-0.3, -0.25) is 14.7 Å². The van der Waals surface area contributed by atoms with Gasteiger partial charge in [0.05, 0.1) is 18.5 Å². The fourth-order valence-electron chi connectivity index (χ4n) is 7.02. The molecule has 7 rings (SSSR count). The lowest BCUT2D eigenvalue weighted by molar-refractivity contribution is -0.137. The molecule has 0 spiro atoms. The maximum atomic E-state index is 13.5. The maximum Gasteiger partial charge on any atom is 0.235 e. The number of hydrogen-bond acceptors (Lipinski definition) is 5. The Balaban J connectivity index is 1.31. The van der Waals surface area contributed by atoms with Crippen molar-refractivity contribution in [3.63, 3.8) is 0 Å². The SMILES string of the molecule is CCCCC1=NCC(C)(C)C(=O)N1Cc1ccc(-c2ccccc2-c2nnnn2C(c2ccccc2)(c2ccccc2)c2ccccc2)cc1. The number of amidine groups is 1. The second-order valence-corrected chi connectivity index (χ2v) is 13.6. The highest BCUT2D eigenvalue weighted by Gasteiger charge is 2.42. The van der Waals surface area contributed by atoms with Crippen molar-refractivity contribution in [1.82, 2.24) is 25.1 Å². The number of unbranched alkanes of at least 4 members (excludes halogenated alkanes) is 1. The lowest BCUT2D eigenvalue weighted by Gasteiger charge is -2.36. The van der Waals surface area contributed by atoms with Crippen LogP contribution in [0.2, 0.25) is 0 Å². The van der Waals surface area contributed by atoms with Gasteiger partial charge >= 0.3 is 0 Å². The van der Waals surface area contributed by atoms with E-state index in [9.17, 15) is 4.79 Å². The molecule has 1 aromatic heterocycles. The predicted molar refractivity (Wildman–Crippen MR) is 199 cm³/mol. The normalized spacial score (nSPS) is 14.4. The molecule has 0 radical (unpaired) electrons. The van der Waals surface area contributed by atoms with Crippen molar-refractivity contribution in [3.05, 3.63) is 162 Å². The fourth-order valence-corrected chi connectivity index (χ4v) is 7.02. The lowest BCUT2D eigenvalue weighted by Crippen LogP contribution is -2.49. The van der Waals surface area contributed by atoms with Crippen LogP contribution >= 0.6 is 0 Å². The molecule has 0 atom stereocenters. The Labute approximate surface area is 294 Å². The van der Waals surface area contributed by atoms with Gasteiger partial charge in [0.2, 0.25) is 5.91 Å². The van der Waals surface area contributed by atoms with Gasteiger partial charge in [0.1, 0.15) is 11.4 Å².